The third-order valence-corrected chi connectivity index (χ3v) is 6.38. The number of rotatable bonds is 4. The summed E-state index contributed by atoms with van der Waals surface area (Å²) in [6.07, 6.45) is 7.01. The van der Waals surface area contributed by atoms with Gasteiger partial charge in [-0.15, -0.1) is 0 Å². The Balaban J connectivity index is 2.09. The molecule has 1 N–H and O–H groups in total. The van der Waals surface area contributed by atoms with Gasteiger partial charge in [0.1, 0.15) is 0 Å². The van der Waals surface area contributed by atoms with Gasteiger partial charge in [-0.05, 0) is 25.7 Å². The fourth-order valence-corrected chi connectivity index (χ4v) is 4.92. The van der Waals surface area contributed by atoms with E-state index in [1.54, 1.807) is 11.4 Å². The molecule has 1 saturated heterocycles. The van der Waals surface area contributed by atoms with Crippen LogP contribution in [0.15, 0.2) is 0 Å². The van der Waals surface area contributed by atoms with E-state index in [2.05, 4.69) is 0 Å². The summed E-state index contributed by atoms with van der Waals surface area (Å²) in [7, 11) is -1.70. The zero-order valence-electron chi connectivity index (χ0n) is 11.1. The molecule has 0 unspecified atom stereocenters. The van der Waals surface area contributed by atoms with Crippen LogP contribution in [0.5, 0.6) is 0 Å². The summed E-state index contributed by atoms with van der Waals surface area (Å²) in [4.78, 5) is 0. The third kappa shape index (κ3) is 2.71. The van der Waals surface area contributed by atoms with Crippen LogP contribution in [0.2, 0.25) is 0 Å². The molecule has 0 amide bonds. The maximum absolute atomic E-state index is 12.5. The number of hydrogen-bond acceptors (Lipinski definition) is 3. The Morgan fingerprint density at radius 3 is 2.44 bits per heavy atom. The maximum atomic E-state index is 12.5. The molecule has 0 radical (unpaired) electrons. The lowest BCUT2D eigenvalue weighted by molar-refractivity contribution is 0.199. The SMILES string of the molecule is CN(C1CCCCC1)S(=O)(=O)N1CCC[C@H]1CO. The van der Waals surface area contributed by atoms with E-state index in [0.717, 1.165) is 38.5 Å². The Hall–Kier alpha value is -0.170. The van der Waals surface area contributed by atoms with Gasteiger partial charge < -0.3 is 5.11 Å². The van der Waals surface area contributed by atoms with Crippen molar-refractivity contribution in [1.82, 2.24) is 8.61 Å². The first-order valence-corrected chi connectivity index (χ1v) is 8.32. The van der Waals surface area contributed by atoms with E-state index in [1.165, 1.54) is 10.7 Å². The highest BCUT2D eigenvalue weighted by atomic mass is 32.2. The minimum atomic E-state index is -3.39. The van der Waals surface area contributed by atoms with Gasteiger partial charge in [-0.1, -0.05) is 19.3 Å². The summed E-state index contributed by atoms with van der Waals surface area (Å²) in [6, 6.07) is -0.0790. The maximum Gasteiger partial charge on any atom is 0.282 e. The Labute approximate surface area is 110 Å². The van der Waals surface area contributed by atoms with Crippen LogP contribution in [0.3, 0.4) is 0 Å². The van der Waals surface area contributed by atoms with E-state index >= 15 is 0 Å². The lowest BCUT2D eigenvalue weighted by Crippen LogP contribution is -2.49. The van der Waals surface area contributed by atoms with Crippen molar-refractivity contribution in [3.63, 3.8) is 0 Å². The van der Waals surface area contributed by atoms with E-state index in [4.69, 9.17) is 0 Å². The van der Waals surface area contributed by atoms with Crippen molar-refractivity contribution in [2.45, 2.75) is 57.0 Å². The molecule has 18 heavy (non-hydrogen) atoms. The van der Waals surface area contributed by atoms with Crippen LogP contribution in [0, 0.1) is 0 Å². The highest BCUT2D eigenvalue weighted by molar-refractivity contribution is 7.86. The monoisotopic (exact) mass is 276 g/mol. The molecule has 1 heterocycles. The molecule has 0 aromatic heterocycles. The molecule has 5 nitrogen and oxygen atoms in total. The summed E-state index contributed by atoms with van der Waals surface area (Å²) < 4.78 is 28.1. The van der Waals surface area contributed by atoms with Gasteiger partial charge in [-0.25, -0.2) is 0 Å². The van der Waals surface area contributed by atoms with Gasteiger partial charge in [0.25, 0.3) is 10.2 Å². The van der Waals surface area contributed by atoms with Crippen molar-refractivity contribution in [3.05, 3.63) is 0 Å². The normalized spacial score (nSPS) is 28.1. The van der Waals surface area contributed by atoms with Crippen molar-refractivity contribution in [1.29, 1.82) is 0 Å². The van der Waals surface area contributed by atoms with Crippen LogP contribution in [0.1, 0.15) is 44.9 Å². The second kappa shape index (κ2) is 5.86. The lowest BCUT2D eigenvalue weighted by atomic mass is 9.96. The number of hydrogen-bond donors (Lipinski definition) is 1. The summed E-state index contributed by atoms with van der Waals surface area (Å²) in [6.45, 7) is 0.475. The molecule has 2 aliphatic rings. The number of nitrogens with zero attached hydrogens (tertiary/aromatic N) is 2. The van der Waals surface area contributed by atoms with Crippen LogP contribution in [0.25, 0.3) is 0 Å². The van der Waals surface area contributed by atoms with Gasteiger partial charge >= 0.3 is 0 Å². The summed E-state index contributed by atoms with van der Waals surface area (Å²) >= 11 is 0. The Kier molecular flexibility index (Phi) is 4.64. The molecule has 0 spiro atoms. The average Bonchev–Trinajstić information content (AvgIpc) is 2.88. The van der Waals surface area contributed by atoms with E-state index in [-0.39, 0.29) is 18.7 Å². The first-order chi connectivity index (χ1) is 8.57. The number of aliphatic hydroxyl groups is 1. The van der Waals surface area contributed by atoms with Gasteiger partial charge in [0.2, 0.25) is 0 Å². The molecule has 0 bridgehead atoms. The molecular formula is C12H24N2O3S. The van der Waals surface area contributed by atoms with E-state index in [0.29, 0.717) is 6.54 Å². The quantitative estimate of drug-likeness (QED) is 0.831. The van der Waals surface area contributed by atoms with Crippen LogP contribution >= 0.6 is 0 Å². The van der Waals surface area contributed by atoms with E-state index in [9.17, 15) is 13.5 Å². The van der Waals surface area contributed by atoms with Gasteiger partial charge in [0.05, 0.1) is 6.61 Å². The van der Waals surface area contributed by atoms with Crippen molar-refractivity contribution >= 4 is 10.2 Å². The second-order valence-electron chi connectivity index (χ2n) is 5.41. The predicted molar refractivity (Wildman–Crippen MR) is 70.4 cm³/mol. The van der Waals surface area contributed by atoms with Crippen LogP contribution < -0.4 is 0 Å². The molecule has 2 rings (SSSR count). The first-order valence-electron chi connectivity index (χ1n) is 6.93. The molecule has 1 aliphatic carbocycles. The zero-order valence-corrected chi connectivity index (χ0v) is 11.9. The third-order valence-electron chi connectivity index (χ3n) is 4.28. The molecule has 2 fully saturated rings. The van der Waals surface area contributed by atoms with Gasteiger partial charge in [0.15, 0.2) is 0 Å². The smallest absolute Gasteiger partial charge is 0.282 e. The molecule has 6 heteroatoms. The van der Waals surface area contributed by atoms with Gasteiger partial charge in [0, 0.05) is 25.7 Å². The fraction of sp³-hybridized carbons (Fsp3) is 1.00. The fourth-order valence-electron chi connectivity index (χ4n) is 3.09. The molecule has 1 saturated carbocycles. The molecular weight excluding hydrogens is 252 g/mol. The minimum absolute atomic E-state index is 0.0717. The predicted octanol–water partition coefficient (Wildman–Crippen LogP) is 0.952. The lowest BCUT2D eigenvalue weighted by Gasteiger charge is -2.34. The van der Waals surface area contributed by atoms with Crippen LogP contribution in [-0.4, -0.2) is 54.4 Å². The Morgan fingerprint density at radius 1 is 1.17 bits per heavy atom. The van der Waals surface area contributed by atoms with Crippen LogP contribution in [-0.2, 0) is 10.2 Å². The van der Waals surface area contributed by atoms with Crippen LogP contribution in [0.4, 0.5) is 0 Å². The summed E-state index contributed by atoms with van der Waals surface area (Å²) in [5.74, 6) is 0. The highest BCUT2D eigenvalue weighted by Crippen LogP contribution is 2.28. The topological polar surface area (TPSA) is 60.9 Å². The minimum Gasteiger partial charge on any atom is -0.395 e. The molecule has 0 aromatic carbocycles. The summed E-state index contributed by atoms with van der Waals surface area (Å²) in [5.41, 5.74) is 0. The second-order valence-corrected chi connectivity index (χ2v) is 7.35. The standard InChI is InChI=1S/C12H24N2O3S/c1-13(11-6-3-2-4-7-11)18(16,17)14-9-5-8-12(14)10-15/h11-12,15H,2-10H2,1H3/t12-/m0/s1. The Morgan fingerprint density at radius 2 is 1.83 bits per heavy atom. The van der Waals surface area contributed by atoms with Gasteiger partial charge in [-0.2, -0.15) is 17.0 Å². The molecule has 1 atom stereocenters. The van der Waals surface area contributed by atoms with Crippen molar-refractivity contribution in [2.75, 3.05) is 20.2 Å². The first kappa shape index (κ1) is 14.2. The average molecular weight is 276 g/mol. The number of aliphatic hydroxyl groups excluding tert-OH is 1. The Bertz CT molecular complexity index is 366. The zero-order chi connectivity index (χ0) is 13.2. The highest BCUT2D eigenvalue weighted by Gasteiger charge is 2.38. The largest absolute Gasteiger partial charge is 0.395 e. The summed E-state index contributed by atoms with van der Waals surface area (Å²) in [5, 5.41) is 9.27. The van der Waals surface area contributed by atoms with Crippen molar-refractivity contribution < 1.29 is 13.5 Å². The molecule has 0 aromatic rings. The van der Waals surface area contributed by atoms with E-state index in [1.807, 2.05) is 0 Å². The molecule has 106 valence electrons. The van der Waals surface area contributed by atoms with Gasteiger partial charge in [-0.3, -0.25) is 0 Å². The van der Waals surface area contributed by atoms with E-state index < -0.39 is 10.2 Å². The molecule has 1 aliphatic heterocycles. The van der Waals surface area contributed by atoms with Crippen molar-refractivity contribution in [3.8, 4) is 0 Å². The van der Waals surface area contributed by atoms with Crippen molar-refractivity contribution in [2.24, 2.45) is 0 Å².